The topological polar surface area (TPSA) is 70.5 Å². The van der Waals surface area contributed by atoms with Gasteiger partial charge >= 0.3 is 0 Å². The largest absolute Gasteiger partial charge is 0.274 e. The van der Waals surface area contributed by atoms with Crippen LogP contribution in [0.5, 0.6) is 0 Å². The molecule has 0 atom stereocenters. The monoisotopic (exact) mass is 393 g/mol. The highest BCUT2D eigenvalue weighted by molar-refractivity contribution is 7.22. The van der Waals surface area contributed by atoms with Gasteiger partial charge in [0.1, 0.15) is 0 Å². The predicted molar refractivity (Wildman–Crippen MR) is 112 cm³/mol. The first-order valence-electron chi connectivity index (χ1n) is 8.16. The van der Waals surface area contributed by atoms with Gasteiger partial charge in [-0.3, -0.25) is 15.1 Å². The Morgan fingerprint density at radius 2 is 1.89 bits per heavy atom. The Kier molecular flexibility index (Phi) is 4.91. The molecule has 0 aliphatic rings. The lowest BCUT2D eigenvalue weighted by atomic mass is 10.3. The van der Waals surface area contributed by atoms with Gasteiger partial charge in [-0.1, -0.05) is 41.7 Å². The van der Waals surface area contributed by atoms with E-state index in [0.29, 0.717) is 10.8 Å². The van der Waals surface area contributed by atoms with E-state index < -0.39 is 0 Å². The number of para-hydroxylation sites is 2. The number of carbonyl (C=O) groups excluding carboxylic acids is 1. The molecule has 0 spiro atoms. The van der Waals surface area contributed by atoms with E-state index in [-0.39, 0.29) is 5.91 Å². The van der Waals surface area contributed by atoms with Crippen LogP contribution in [0.3, 0.4) is 0 Å². The number of aromatic nitrogens is 2. The number of amides is 1. The number of anilines is 3. The molecule has 0 bridgehead atoms. The number of nitrogens with one attached hydrogen (secondary N) is 1. The summed E-state index contributed by atoms with van der Waals surface area (Å²) in [6.07, 6.45) is 1.62. The number of carbonyl (C=O) groups is 1. The first kappa shape index (κ1) is 17.3. The van der Waals surface area contributed by atoms with Crippen LogP contribution in [0.4, 0.5) is 16.0 Å². The van der Waals surface area contributed by atoms with Gasteiger partial charge < -0.3 is 0 Å². The van der Waals surface area contributed by atoms with Crippen molar-refractivity contribution in [3.8, 4) is 0 Å². The van der Waals surface area contributed by atoms with Gasteiger partial charge in [-0.05, 0) is 24.3 Å². The Morgan fingerprint density at radius 1 is 1.11 bits per heavy atom. The van der Waals surface area contributed by atoms with Crippen LogP contribution < -0.4 is 10.3 Å². The van der Waals surface area contributed by atoms with Gasteiger partial charge in [0.2, 0.25) is 11.0 Å². The lowest BCUT2D eigenvalue weighted by molar-refractivity contribution is -0.115. The average molecular weight is 393 g/mol. The van der Waals surface area contributed by atoms with Crippen LogP contribution in [-0.2, 0) is 4.79 Å². The molecule has 0 radical (unpaired) electrons. The normalized spacial score (nSPS) is 11.1. The van der Waals surface area contributed by atoms with Gasteiger partial charge in [-0.25, -0.2) is 9.97 Å². The molecule has 1 N–H and O–H groups in total. The van der Waals surface area contributed by atoms with E-state index in [4.69, 9.17) is 0 Å². The van der Waals surface area contributed by atoms with E-state index in [2.05, 4.69) is 20.5 Å². The Hall–Kier alpha value is -3.10. The van der Waals surface area contributed by atoms with Gasteiger partial charge in [-0.15, -0.1) is 11.3 Å². The van der Waals surface area contributed by atoms with Crippen LogP contribution in [0.25, 0.3) is 10.2 Å². The van der Waals surface area contributed by atoms with E-state index >= 15 is 0 Å². The smallest absolute Gasteiger partial charge is 0.230 e. The van der Waals surface area contributed by atoms with Crippen LogP contribution in [0.1, 0.15) is 12.6 Å². The summed E-state index contributed by atoms with van der Waals surface area (Å²) in [6.45, 7) is 1.52. The van der Waals surface area contributed by atoms with Crippen LogP contribution >= 0.6 is 22.7 Å². The first-order valence-corrected chi connectivity index (χ1v) is 9.86. The highest BCUT2D eigenvalue weighted by atomic mass is 32.1. The fraction of sp³-hybridized carbons (Fsp3) is 0.0526. The van der Waals surface area contributed by atoms with Crippen molar-refractivity contribution in [3.63, 3.8) is 0 Å². The van der Waals surface area contributed by atoms with Crippen molar-refractivity contribution < 1.29 is 4.79 Å². The zero-order valence-corrected chi connectivity index (χ0v) is 16.0. The molecule has 134 valence electrons. The lowest BCUT2D eigenvalue weighted by Gasteiger charge is -2.17. The Labute approximate surface area is 163 Å². The minimum absolute atomic E-state index is 0.0911. The average Bonchev–Trinajstić information content (AvgIpc) is 3.29. The molecular formula is C19H15N5OS2. The zero-order valence-electron chi connectivity index (χ0n) is 14.4. The molecule has 4 rings (SSSR count). The molecule has 27 heavy (non-hydrogen) atoms. The van der Waals surface area contributed by atoms with Crippen molar-refractivity contribution in [1.82, 2.24) is 9.97 Å². The van der Waals surface area contributed by atoms with Crippen molar-refractivity contribution in [2.24, 2.45) is 5.10 Å². The van der Waals surface area contributed by atoms with Crippen LogP contribution in [0.2, 0.25) is 0 Å². The molecular weight excluding hydrogens is 378 g/mol. The molecule has 2 aromatic carbocycles. The molecule has 0 saturated carbocycles. The number of hydrogen-bond acceptors (Lipinski definition) is 7. The van der Waals surface area contributed by atoms with Gasteiger partial charge in [0.15, 0.2) is 5.13 Å². The van der Waals surface area contributed by atoms with Gasteiger partial charge in [0.25, 0.3) is 0 Å². The molecule has 6 nitrogen and oxygen atoms in total. The van der Waals surface area contributed by atoms with Gasteiger partial charge in [0.05, 0.1) is 27.8 Å². The van der Waals surface area contributed by atoms with E-state index in [0.717, 1.165) is 21.0 Å². The van der Waals surface area contributed by atoms with Crippen molar-refractivity contribution in [2.45, 2.75) is 6.92 Å². The van der Waals surface area contributed by atoms with Crippen LogP contribution in [-0.4, -0.2) is 22.1 Å². The molecule has 1 amide bonds. The third kappa shape index (κ3) is 3.86. The number of rotatable bonds is 5. The molecule has 0 unspecified atom stereocenters. The maximum Gasteiger partial charge on any atom is 0.230 e. The molecule has 8 heteroatoms. The summed E-state index contributed by atoms with van der Waals surface area (Å²) in [5.41, 5.74) is 5.34. The maximum absolute atomic E-state index is 12.1. The maximum atomic E-state index is 12.1. The van der Waals surface area contributed by atoms with Crippen molar-refractivity contribution >= 4 is 61.0 Å². The predicted octanol–water partition coefficient (Wildman–Crippen LogP) is 4.88. The molecule has 0 aliphatic heterocycles. The molecule has 0 aliphatic carbocycles. The lowest BCUT2D eigenvalue weighted by Crippen LogP contribution is -2.22. The van der Waals surface area contributed by atoms with E-state index in [1.165, 1.54) is 29.6 Å². The van der Waals surface area contributed by atoms with Gasteiger partial charge in [-0.2, -0.15) is 5.10 Å². The van der Waals surface area contributed by atoms with Crippen molar-refractivity contribution in [1.29, 1.82) is 0 Å². The van der Waals surface area contributed by atoms with Crippen LogP contribution in [0, 0.1) is 0 Å². The summed E-state index contributed by atoms with van der Waals surface area (Å²) in [6, 6.07) is 17.4. The molecule has 2 heterocycles. The Balaban J connectivity index is 1.50. The fourth-order valence-corrected chi connectivity index (χ4v) is 4.17. The summed E-state index contributed by atoms with van der Waals surface area (Å²) in [4.78, 5) is 22.6. The Morgan fingerprint density at radius 3 is 2.67 bits per heavy atom. The number of fused-ring (bicyclic) bond motifs is 1. The minimum atomic E-state index is -0.0911. The number of thiazole rings is 2. The number of hydrazone groups is 1. The highest BCUT2D eigenvalue weighted by Crippen LogP contribution is 2.28. The number of nitrogens with zero attached hydrogens (tertiary/aromatic N) is 4. The highest BCUT2D eigenvalue weighted by Gasteiger charge is 2.17. The number of hydrogen-bond donors (Lipinski definition) is 1. The molecule has 2 aromatic heterocycles. The second-order valence-corrected chi connectivity index (χ2v) is 7.47. The van der Waals surface area contributed by atoms with Gasteiger partial charge in [0, 0.05) is 12.3 Å². The number of benzene rings is 2. The SMILES string of the molecule is CC(=O)N(c1ccccc1)c1nc(/C=N\Nc2nc3ccccc3s2)cs1. The fourth-order valence-electron chi connectivity index (χ4n) is 2.52. The summed E-state index contributed by atoms with van der Waals surface area (Å²) < 4.78 is 1.10. The standard InChI is InChI=1S/C19H15N5OS2/c1-13(25)24(15-7-3-2-4-8-15)19-21-14(12-26-19)11-20-23-18-22-16-9-5-6-10-17(16)27-18/h2-12H,1H3,(H,22,23)/b20-11-. The van der Waals surface area contributed by atoms with E-state index in [9.17, 15) is 4.79 Å². The van der Waals surface area contributed by atoms with Crippen molar-refractivity contribution in [3.05, 3.63) is 65.7 Å². The third-order valence-corrected chi connectivity index (χ3v) is 5.47. The zero-order chi connectivity index (χ0) is 18.6. The van der Waals surface area contributed by atoms with E-state index in [1.54, 1.807) is 11.1 Å². The summed E-state index contributed by atoms with van der Waals surface area (Å²) in [7, 11) is 0. The Bertz CT molecular complexity index is 1070. The summed E-state index contributed by atoms with van der Waals surface area (Å²) >= 11 is 2.93. The summed E-state index contributed by atoms with van der Waals surface area (Å²) in [5.74, 6) is -0.0911. The van der Waals surface area contributed by atoms with E-state index in [1.807, 2.05) is 60.0 Å². The first-order chi connectivity index (χ1) is 13.2. The second kappa shape index (κ2) is 7.65. The quantitative estimate of drug-likeness (QED) is 0.387. The molecule has 0 fully saturated rings. The third-order valence-electron chi connectivity index (χ3n) is 3.68. The molecule has 0 saturated heterocycles. The van der Waals surface area contributed by atoms with Crippen LogP contribution in [0.15, 0.2) is 65.1 Å². The van der Waals surface area contributed by atoms with Crippen molar-refractivity contribution in [2.75, 3.05) is 10.3 Å². The second-order valence-electron chi connectivity index (χ2n) is 5.60. The molecule has 4 aromatic rings. The minimum Gasteiger partial charge on any atom is -0.274 e. The summed E-state index contributed by atoms with van der Waals surface area (Å²) in [5, 5.41) is 7.40.